The third-order valence-electron chi connectivity index (χ3n) is 3.54. The first-order chi connectivity index (χ1) is 11.0. The molecule has 0 bridgehead atoms. The summed E-state index contributed by atoms with van der Waals surface area (Å²) in [6.45, 7) is 6.80. The molecule has 2 amide bonds. The van der Waals surface area contributed by atoms with Crippen molar-refractivity contribution < 1.29 is 22.7 Å². The van der Waals surface area contributed by atoms with Gasteiger partial charge in [0, 0.05) is 17.3 Å². The zero-order valence-corrected chi connectivity index (χ0v) is 14.7. The normalized spacial score (nSPS) is 12.0. The molecule has 0 aliphatic heterocycles. The average Bonchev–Trinajstić information content (AvgIpc) is 2.92. The molecule has 0 unspecified atom stereocenters. The van der Waals surface area contributed by atoms with Crippen molar-refractivity contribution in [1.82, 2.24) is 4.72 Å². The van der Waals surface area contributed by atoms with Crippen molar-refractivity contribution in [2.45, 2.75) is 38.4 Å². The molecule has 24 heavy (non-hydrogen) atoms. The van der Waals surface area contributed by atoms with Crippen LogP contribution in [0.5, 0.6) is 0 Å². The van der Waals surface area contributed by atoms with Crippen LogP contribution in [0, 0.1) is 13.8 Å². The lowest BCUT2D eigenvalue weighted by atomic mass is 10.0. The second-order valence-electron chi connectivity index (χ2n) is 6.07. The molecule has 8 heteroatoms. The monoisotopic (exact) mass is 352 g/mol. The van der Waals surface area contributed by atoms with Crippen molar-refractivity contribution in [3.8, 4) is 0 Å². The molecule has 0 radical (unpaired) electrons. The number of urea groups is 1. The van der Waals surface area contributed by atoms with Crippen LogP contribution in [0.4, 0.5) is 10.5 Å². The summed E-state index contributed by atoms with van der Waals surface area (Å²) < 4.78 is 31.1. The van der Waals surface area contributed by atoms with Gasteiger partial charge in [-0.2, -0.15) is 8.42 Å². The molecule has 1 aromatic heterocycles. The van der Waals surface area contributed by atoms with Gasteiger partial charge in [0.15, 0.2) is 0 Å². The van der Waals surface area contributed by atoms with Crippen LogP contribution in [-0.4, -0.2) is 19.6 Å². The maximum atomic E-state index is 12.1. The van der Waals surface area contributed by atoms with E-state index in [2.05, 4.69) is 5.32 Å². The standard InChI is InChI=1S/C16H20N2O5S/c1-10-5-6-13(7-11(10)2)17-15(19)18-24(21,22)14-8-12(9-23-14)16(3,4)20/h5-9,20H,1-4H3,(H2,17,18,19). The largest absolute Gasteiger partial charge is 0.451 e. The number of carbonyl (C=O) groups excluding carboxylic acids is 1. The van der Waals surface area contributed by atoms with Crippen LogP contribution >= 0.6 is 0 Å². The molecule has 2 aromatic rings. The van der Waals surface area contributed by atoms with Crippen molar-refractivity contribution in [3.63, 3.8) is 0 Å². The Bertz CT molecular complexity index is 863. The minimum atomic E-state index is -4.18. The van der Waals surface area contributed by atoms with Gasteiger partial charge in [0.05, 0.1) is 11.9 Å². The van der Waals surface area contributed by atoms with E-state index in [1.165, 1.54) is 19.9 Å². The SMILES string of the molecule is Cc1ccc(NC(=O)NS(=O)(=O)c2cc(C(C)(C)O)co2)cc1C. The van der Waals surface area contributed by atoms with Gasteiger partial charge >= 0.3 is 6.03 Å². The van der Waals surface area contributed by atoms with Gasteiger partial charge < -0.3 is 14.8 Å². The van der Waals surface area contributed by atoms with Gasteiger partial charge in [-0.15, -0.1) is 0 Å². The molecule has 0 saturated carbocycles. The first kappa shape index (κ1) is 18.0. The minimum absolute atomic E-state index is 0.289. The number of sulfonamides is 1. The Morgan fingerprint density at radius 1 is 1.17 bits per heavy atom. The van der Waals surface area contributed by atoms with Gasteiger partial charge in [-0.1, -0.05) is 6.07 Å². The summed E-state index contributed by atoms with van der Waals surface area (Å²) in [5.74, 6) is 0. The number of hydrogen-bond donors (Lipinski definition) is 3. The first-order valence-electron chi connectivity index (χ1n) is 7.21. The third kappa shape index (κ3) is 4.15. The third-order valence-corrected chi connectivity index (χ3v) is 4.74. The molecule has 2 rings (SSSR count). The molecule has 130 valence electrons. The molecule has 1 aromatic carbocycles. The van der Waals surface area contributed by atoms with Gasteiger partial charge in [-0.25, -0.2) is 9.52 Å². The number of nitrogens with one attached hydrogen (secondary N) is 2. The highest BCUT2D eigenvalue weighted by Gasteiger charge is 2.26. The second-order valence-corrected chi connectivity index (χ2v) is 7.69. The van der Waals surface area contributed by atoms with E-state index < -0.39 is 26.7 Å². The topological polar surface area (TPSA) is 109 Å². The Labute approximate surface area is 140 Å². The van der Waals surface area contributed by atoms with E-state index in [0.29, 0.717) is 5.69 Å². The van der Waals surface area contributed by atoms with E-state index in [4.69, 9.17) is 4.42 Å². The number of anilines is 1. The van der Waals surface area contributed by atoms with Crippen LogP contribution in [-0.2, 0) is 15.6 Å². The van der Waals surface area contributed by atoms with E-state index >= 15 is 0 Å². The van der Waals surface area contributed by atoms with E-state index in [0.717, 1.165) is 17.4 Å². The van der Waals surface area contributed by atoms with Gasteiger partial charge in [-0.3, -0.25) is 0 Å². The van der Waals surface area contributed by atoms with Crippen LogP contribution < -0.4 is 10.0 Å². The first-order valence-corrected chi connectivity index (χ1v) is 8.70. The number of benzene rings is 1. The Balaban J connectivity index is 2.12. The number of aliphatic hydroxyl groups is 1. The number of aryl methyl sites for hydroxylation is 2. The molecule has 0 aliphatic carbocycles. The van der Waals surface area contributed by atoms with Crippen LogP contribution in [0.3, 0.4) is 0 Å². The van der Waals surface area contributed by atoms with Gasteiger partial charge in [0.2, 0.25) is 5.09 Å². The zero-order chi connectivity index (χ0) is 18.1. The van der Waals surface area contributed by atoms with E-state index in [1.807, 2.05) is 24.6 Å². The van der Waals surface area contributed by atoms with Crippen LogP contribution in [0.15, 0.2) is 40.0 Å². The fourth-order valence-electron chi connectivity index (χ4n) is 1.93. The fourth-order valence-corrected chi connectivity index (χ4v) is 2.78. The number of rotatable bonds is 4. The number of furan rings is 1. The summed E-state index contributed by atoms with van der Waals surface area (Å²) in [6.07, 6.45) is 1.13. The molecule has 7 nitrogen and oxygen atoms in total. The van der Waals surface area contributed by atoms with E-state index in [1.54, 1.807) is 12.1 Å². The number of carbonyl (C=O) groups is 1. The van der Waals surface area contributed by atoms with Crippen molar-refractivity contribution in [3.05, 3.63) is 47.2 Å². The van der Waals surface area contributed by atoms with Gasteiger partial charge in [0.1, 0.15) is 0 Å². The summed E-state index contributed by atoms with van der Waals surface area (Å²) >= 11 is 0. The molecular formula is C16H20N2O5S. The highest BCUT2D eigenvalue weighted by Crippen LogP contribution is 2.24. The Kier molecular flexibility index (Phi) is 4.73. The molecule has 0 atom stereocenters. The number of hydrogen-bond acceptors (Lipinski definition) is 5. The summed E-state index contributed by atoms with van der Waals surface area (Å²) in [5, 5.41) is 11.8. The van der Waals surface area contributed by atoms with Crippen molar-refractivity contribution in [2.75, 3.05) is 5.32 Å². The highest BCUT2D eigenvalue weighted by atomic mass is 32.2. The lowest BCUT2D eigenvalue weighted by Crippen LogP contribution is -2.34. The Hall–Kier alpha value is -2.32. The molecular weight excluding hydrogens is 332 g/mol. The quantitative estimate of drug-likeness (QED) is 0.784. The van der Waals surface area contributed by atoms with Crippen molar-refractivity contribution in [2.24, 2.45) is 0 Å². The fraction of sp³-hybridized carbons (Fsp3) is 0.312. The second kappa shape index (κ2) is 6.29. The molecule has 1 heterocycles. The number of amides is 2. The summed E-state index contributed by atoms with van der Waals surface area (Å²) in [4.78, 5) is 11.9. The van der Waals surface area contributed by atoms with Gasteiger partial charge in [0.25, 0.3) is 10.0 Å². The van der Waals surface area contributed by atoms with E-state index in [-0.39, 0.29) is 5.56 Å². The lowest BCUT2D eigenvalue weighted by Gasteiger charge is -2.13. The maximum Gasteiger partial charge on any atom is 0.333 e. The lowest BCUT2D eigenvalue weighted by molar-refractivity contribution is 0.0779. The molecule has 3 N–H and O–H groups in total. The predicted octanol–water partition coefficient (Wildman–Crippen LogP) is 2.63. The average molecular weight is 352 g/mol. The maximum absolute atomic E-state index is 12.1. The summed E-state index contributed by atoms with van der Waals surface area (Å²) in [7, 11) is -4.18. The smallest absolute Gasteiger partial charge is 0.333 e. The van der Waals surface area contributed by atoms with Crippen molar-refractivity contribution in [1.29, 1.82) is 0 Å². The Morgan fingerprint density at radius 3 is 2.38 bits per heavy atom. The summed E-state index contributed by atoms with van der Waals surface area (Å²) in [6, 6.07) is 5.50. The van der Waals surface area contributed by atoms with Crippen molar-refractivity contribution >= 4 is 21.7 Å². The van der Waals surface area contributed by atoms with E-state index in [9.17, 15) is 18.3 Å². The predicted molar refractivity (Wildman–Crippen MR) is 89.2 cm³/mol. The molecule has 0 aliphatic rings. The molecule has 0 fully saturated rings. The van der Waals surface area contributed by atoms with Crippen LogP contribution in [0.1, 0.15) is 30.5 Å². The molecule has 0 saturated heterocycles. The van der Waals surface area contributed by atoms with Gasteiger partial charge in [-0.05, 0) is 51.0 Å². The highest BCUT2D eigenvalue weighted by molar-refractivity contribution is 7.89. The van der Waals surface area contributed by atoms with Crippen LogP contribution in [0.2, 0.25) is 0 Å². The molecule has 0 spiro atoms. The Morgan fingerprint density at radius 2 is 1.83 bits per heavy atom. The minimum Gasteiger partial charge on any atom is -0.451 e. The summed E-state index contributed by atoms with van der Waals surface area (Å²) in [5.41, 5.74) is 1.54. The van der Waals surface area contributed by atoms with Crippen LogP contribution in [0.25, 0.3) is 0 Å². The zero-order valence-electron chi connectivity index (χ0n) is 13.9.